The van der Waals surface area contributed by atoms with Crippen molar-refractivity contribution in [2.75, 3.05) is 12.3 Å². The van der Waals surface area contributed by atoms with Crippen molar-refractivity contribution in [2.45, 2.75) is 52.3 Å². The van der Waals surface area contributed by atoms with E-state index >= 15 is 0 Å². The molecule has 0 radical (unpaired) electrons. The van der Waals surface area contributed by atoms with Crippen molar-refractivity contribution in [1.82, 2.24) is 10.5 Å². The lowest BCUT2D eigenvalue weighted by Crippen LogP contribution is -2.52. The van der Waals surface area contributed by atoms with Gasteiger partial charge in [0.15, 0.2) is 0 Å². The fourth-order valence-electron chi connectivity index (χ4n) is 2.41. The quantitative estimate of drug-likeness (QED) is 0.754. The lowest BCUT2D eigenvalue weighted by Gasteiger charge is -2.31. The number of rotatable bonds is 8. The summed E-state index contributed by atoms with van der Waals surface area (Å²) in [5, 5.41) is 6.97. The first-order chi connectivity index (χ1) is 9.77. The number of aryl methyl sites for hydroxylation is 2. The number of aromatic nitrogens is 1. The van der Waals surface area contributed by atoms with Crippen LogP contribution in [0.15, 0.2) is 4.52 Å². The van der Waals surface area contributed by atoms with E-state index in [0.29, 0.717) is 18.2 Å². The van der Waals surface area contributed by atoms with Crippen LogP contribution in [0, 0.1) is 19.8 Å². The largest absolute Gasteiger partial charge is 0.361 e. The van der Waals surface area contributed by atoms with Gasteiger partial charge in [-0.1, -0.05) is 19.0 Å². The molecule has 1 amide bonds. The SMILES string of the molecule is Cc1noc(C)c1CSCC(=O)NC(C)(CN)CC(C)C.Cl. The van der Waals surface area contributed by atoms with Crippen LogP contribution >= 0.6 is 24.2 Å². The molecule has 1 heterocycles. The zero-order valence-electron chi connectivity index (χ0n) is 14.1. The number of carbonyl (C=O) groups is 1. The van der Waals surface area contributed by atoms with E-state index in [2.05, 4.69) is 24.3 Å². The topological polar surface area (TPSA) is 81.2 Å². The number of halogens is 1. The Labute approximate surface area is 143 Å². The number of hydrogen-bond donors (Lipinski definition) is 2. The van der Waals surface area contributed by atoms with Gasteiger partial charge in [-0.05, 0) is 33.1 Å². The summed E-state index contributed by atoms with van der Waals surface area (Å²) < 4.78 is 5.11. The minimum atomic E-state index is -0.325. The molecule has 0 saturated heterocycles. The molecule has 0 aliphatic heterocycles. The summed E-state index contributed by atoms with van der Waals surface area (Å²) in [7, 11) is 0. The summed E-state index contributed by atoms with van der Waals surface area (Å²) in [4.78, 5) is 12.1. The van der Waals surface area contributed by atoms with E-state index < -0.39 is 0 Å². The molecule has 0 aromatic carbocycles. The summed E-state index contributed by atoms with van der Waals surface area (Å²) in [6, 6.07) is 0. The molecule has 0 bridgehead atoms. The molecule has 5 nitrogen and oxygen atoms in total. The van der Waals surface area contributed by atoms with Gasteiger partial charge in [0.05, 0.1) is 11.4 Å². The average Bonchev–Trinajstić information content (AvgIpc) is 2.69. The minimum Gasteiger partial charge on any atom is -0.361 e. The highest BCUT2D eigenvalue weighted by Gasteiger charge is 2.25. The fourth-order valence-corrected chi connectivity index (χ4v) is 3.39. The van der Waals surface area contributed by atoms with Crippen LogP contribution in [0.2, 0.25) is 0 Å². The van der Waals surface area contributed by atoms with Crippen LogP contribution < -0.4 is 11.1 Å². The predicted molar refractivity (Wildman–Crippen MR) is 94.4 cm³/mol. The average molecular weight is 350 g/mol. The molecule has 22 heavy (non-hydrogen) atoms. The maximum absolute atomic E-state index is 12.1. The Morgan fingerprint density at radius 2 is 2.09 bits per heavy atom. The third kappa shape index (κ3) is 6.58. The molecule has 1 atom stereocenters. The van der Waals surface area contributed by atoms with Crippen molar-refractivity contribution in [1.29, 1.82) is 0 Å². The zero-order chi connectivity index (χ0) is 16.0. The van der Waals surface area contributed by atoms with E-state index in [1.54, 1.807) is 11.8 Å². The number of nitrogens with one attached hydrogen (secondary N) is 1. The van der Waals surface area contributed by atoms with Crippen LogP contribution in [0.4, 0.5) is 0 Å². The highest BCUT2D eigenvalue weighted by molar-refractivity contribution is 7.99. The molecule has 0 aliphatic carbocycles. The smallest absolute Gasteiger partial charge is 0.230 e. The zero-order valence-corrected chi connectivity index (χ0v) is 15.7. The molecule has 128 valence electrons. The van der Waals surface area contributed by atoms with Gasteiger partial charge in [-0.2, -0.15) is 0 Å². The maximum Gasteiger partial charge on any atom is 0.230 e. The molecular weight excluding hydrogens is 322 g/mol. The third-order valence-corrected chi connectivity index (χ3v) is 4.37. The molecule has 7 heteroatoms. The van der Waals surface area contributed by atoms with Crippen LogP contribution in [0.25, 0.3) is 0 Å². The second-order valence-corrected chi connectivity index (χ2v) is 7.19. The lowest BCUT2D eigenvalue weighted by molar-refractivity contribution is -0.120. The van der Waals surface area contributed by atoms with Crippen LogP contribution in [-0.2, 0) is 10.5 Å². The lowest BCUT2D eigenvalue weighted by atomic mass is 9.91. The summed E-state index contributed by atoms with van der Waals surface area (Å²) in [6.45, 7) is 10.5. The molecule has 1 unspecified atom stereocenters. The molecule has 1 aromatic heterocycles. The first-order valence-electron chi connectivity index (χ1n) is 7.28. The Morgan fingerprint density at radius 1 is 1.45 bits per heavy atom. The van der Waals surface area contributed by atoms with Crippen LogP contribution in [-0.4, -0.2) is 28.9 Å². The van der Waals surface area contributed by atoms with Gasteiger partial charge in [0.2, 0.25) is 5.91 Å². The second-order valence-electron chi connectivity index (χ2n) is 6.21. The Kier molecular flexibility index (Phi) is 9.12. The number of thioether (sulfide) groups is 1. The van der Waals surface area contributed by atoms with Gasteiger partial charge in [0.1, 0.15) is 5.76 Å². The standard InChI is InChI=1S/C15H27N3O2S.ClH/c1-10(2)6-15(5,9-16)17-14(19)8-21-7-13-11(3)18-20-12(13)4;/h10H,6-9,16H2,1-5H3,(H,17,19);1H. The van der Waals surface area contributed by atoms with E-state index in [0.717, 1.165) is 29.2 Å². The molecule has 1 aromatic rings. The number of hydrogen-bond acceptors (Lipinski definition) is 5. The normalized spacial score (nSPS) is 13.6. The molecular formula is C15H28ClN3O2S. The highest BCUT2D eigenvalue weighted by atomic mass is 35.5. The molecule has 0 spiro atoms. The number of amides is 1. The van der Waals surface area contributed by atoms with E-state index in [9.17, 15) is 4.79 Å². The van der Waals surface area contributed by atoms with Gasteiger partial charge in [-0.25, -0.2) is 0 Å². The first kappa shape index (κ1) is 21.3. The number of nitrogens with two attached hydrogens (primary N) is 1. The minimum absolute atomic E-state index is 0. The Bertz CT molecular complexity index is 460. The summed E-state index contributed by atoms with van der Waals surface area (Å²) >= 11 is 1.56. The molecule has 1 rings (SSSR count). The van der Waals surface area contributed by atoms with Gasteiger partial charge in [-0.3, -0.25) is 4.79 Å². The molecule has 0 aliphatic rings. The van der Waals surface area contributed by atoms with Gasteiger partial charge in [0, 0.05) is 23.4 Å². The van der Waals surface area contributed by atoms with Crippen LogP contribution in [0.3, 0.4) is 0 Å². The Balaban J connectivity index is 0.00000441. The van der Waals surface area contributed by atoms with Gasteiger partial charge in [-0.15, -0.1) is 24.2 Å². The van der Waals surface area contributed by atoms with Gasteiger partial charge < -0.3 is 15.6 Å². The van der Waals surface area contributed by atoms with Crippen molar-refractivity contribution >= 4 is 30.1 Å². The van der Waals surface area contributed by atoms with Crippen molar-refractivity contribution in [3.05, 3.63) is 17.0 Å². The van der Waals surface area contributed by atoms with Crippen molar-refractivity contribution in [3.8, 4) is 0 Å². The number of carbonyl (C=O) groups excluding carboxylic acids is 1. The van der Waals surface area contributed by atoms with E-state index in [4.69, 9.17) is 10.3 Å². The van der Waals surface area contributed by atoms with Crippen molar-refractivity contribution in [2.24, 2.45) is 11.7 Å². The van der Waals surface area contributed by atoms with Crippen molar-refractivity contribution in [3.63, 3.8) is 0 Å². The maximum atomic E-state index is 12.1. The van der Waals surface area contributed by atoms with Gasteiger partial charge >= 0.3 is 0 Å². The third-order valence-electron chi connectivity index (χ3n) is 3.41. The summed E-state index contributed by atoms with van der Waals surface area (Å²) in [5.74, 6) is 2.50. The Hall–Kier alpha value is -0.720. The molecule has 3 N–H and O–H groups in total. The predicted octanol–water partition coefficient (Wildman–Crippen LogP) is 2.83. The highest BCUT2D eigenvalue weighted by Crippen LogP contribution is 2.20. The second kappa shape index (κ2) is 9.43. The Morgan fingerprint density at radius 3 is 2.55 bits per heavy atom. The van der Waals surface area contributed by atoms with Crippen LogP contribution in [0.5, 0.6) is 0 Å². The summed E-state index contributed by atoms with van der Waals surface area (Å²) in [6.07, 6.45) is 0.879. The summed E-state index contributed by atoms with van der Waals surface area (Å²) in [5.41, 5.74) is 7.46. The number of nitrogens with zero attached hydrogens (tertiary/aromatic N) is 1. The van der Waals surface area contributed by atoms with E-state index in [1.807, 2.05) is 20.8 Å². The van der Waals surface area contributed by atoms with E-state index in [-0.39, 0.29) is 23.9 Å². The molecule has 0 fully saturated rings. The van der Waals surface area contributed by atoms with Crippen LogP contribution in [0.1, 0.15) is 44.2 Å². The van der Waals surface area contributed by atoms with Crippen molar-refractivity contribution < 1.29 is 9.32 Å². The van der Waals surface area contributed by atoms with Gasteiger partial charge in [0.25, 0.3) is 0 Å². The molecule has 0 saturated carbocycles. The fraction of sp³-hybridized carbons (Fsp3) is 0.733. The van der Waals surface area contributed by atoms with E-state index in [1.165, 1.54) is 0 Å². The first-order valence-corrected chi connectivity index (χ1v) is 8.43. The monoisotopic (exact) mass is 349 g/mol.